The number of hydrogen-bond donors (Lipinski definition) is 0. The molecule has 0 aliphatic carbocycles. The van der Waals surface area contributed by atoms with Crippen molar-refractivity contribution in [3.8, 4) is 22.6 Å². The van der Waals surface area contributed by atoms with Gasteiger partial charge in [-0.25, -0.2) is 0 Å². The van der Waals surface area contributed by atoms with E-state index in [1.807, 2.05) is 18.2 Å². The molecule has 3 nitrogen and oxygen atoms in total. The molecule has 3 heteroatoms. The molecule has 2 aromatic rings. The first-order chi connectivity index (χ1) is 9.67. The van der Waals surface area contributed by atoms with Crippen molar-refractivity contribution in [1.29, 1.82) is 0 Å². The second kappa shape index (κ2) is 6.44. The van der Waals surface area contributed by atoms with E-state index in [9.17, 15) is 0 Å². The van der Waals surface area contributed by atoms with Gasteiger partial charge in [-0.05, 0) is 31.3 Å². The Balaban J connectivity index is 2.56. The van der Waals surface area contributed by atoms with Gasteiger partial charge in [0.25, 0.3) is 0 Å². The van der Waals surface area contributed by atoms with Gasteiger partial charge >= 0.3 is 0 Å². The molecule has 0 aliphatic heterocycles. The first-order valence-electron chi connectivity index (χ1n) is 6.61. The first kappa shape index (κ1) is 14.4. The summed E-state index contributed by atoms with van der Waals surface area (Å²) < 4.78 is 10.9. The number of benzene rings is 2. The molecule has 0 aromatic heterocycles. The zero-order valence-corrected chi connectivity index (χ0v) is 12.5. The van der Waals surface area contributed by atoms with Crippen LogP contribution in [0.5, 0.6) is 11.5 Å². The lowest BCUT2D eigenvalue weighted by molar-refractivity contribution is 0.356. The van der Waals surface area contributed by atoms with Crippen molar-refractivity contribution in [3.05, 3.63) is 48.0 Å². The Morgan fingerprint density at radius 1 is 0.850 bits per heavy atom. The van der Waals surface area contributed by atoms with Crippen LogP contribution in [0.15, 0.2) is 42.5 Å². The van der Waals surface area contributed by atoms with Crippen LogP contribution in [-0.2, 0) is 6.54 Å². The summed E-state index contributed by atoms with van der Waals surface area (Å²) in [7, 11) is 7.47. The average Bonchev–Trinajstić information content (AvgIpc) is 2.46. The van der Waals surface area contributed by atoms with Gasteiger partial charge in [0.2, 0.25) is 0 Å². The molecule has 0 saturated heterocycles. The fourth-order valence-electron chi connectivity index (χ4n) is 2.36. The molecular formula is C17H21NO2. The summed E-state index contributed by atoms with van der Waals surface area (Å²) in [5, 5.41) is 0. The van der Waals surface area contributed by atoms with E-state index in [1.165, 1.54) is 11.1 Å². The van der Waals surface area contributed by atoms with Gasteiger partial charge in [0, 0.05) is 12.1 Å². The molecule has 0 radical (unpaired) electrons. The largest absolute Gasteiger partial charge is 0.493 e. The van der Waals surface area contributed by atoms with E-state index in [0.29, 0.717) is 0 Å². The molecular weight excluding hydrogens is 250 g/mol. The molecule has 0 spiro atoms. The van der Waals surface area contributed by atoms with Crippen molar-refractivity contribution >= 4 is 0 Å². The molecule has 0 fully saturated rings. The average molecular weight is 271 g/mol. The number of ether oxygens (including phenoxy) is 2. The van der Waals surface area contributed by atoms with Crippen LogP contribution in [0.25, 0.3) is 11.1 Å². The predicted molar refractivity (Wildman–Crippen MR) is 82.4 cm³/mol. The molecule has 0 N–H and O–H groups in total. The zero-order valence-electron chi connectivity index (χ0n) is 12.5. The highest BCUT2D eigenvalue weighted by Gasteiger charge is 2.14. The lowest BCUT2D eigenvalue weighted by Crippen LogP contribution is -2.11. The summed E-state index contributed by atoms with van der Waals surface area (Å²) >= 11 is 0. The lowest BCUT2D eigenvalue weighted by Gasteiger charge is -2.17. The first-order valence-corrected chi connectivity index (χ1v) is 6.61. The summed E-state index contributed by atoms with van der Waals surface area (Å²) in [6, 6.07) is 14.3. The Morgan fingerprint density at radius 2 is 1.55 bits per heavy atom. The molecule has 0 saturated carbocycles. The third-order valence-electron chi connectivity index (χ3n) is 3.20. The van der Waals surface area contributed by atoms with Crippen molar-refractivity contribution in [1.82, 2.24) is 4.90 Å². The normalized spacial score (nSPS) is 10.7. The van der Waals surface area contributed by atoms with Crippen LogP contribution >= 0.6 is 0 Å². The Hall–Kier alpha value is -2.00. The van der Waals surface area contributed by atoms with Gasteiger partial charge in [0.1, 0.15) is 0 Å². The van der Waals surface area contributed by atoms with Gasteiger partial charge in [-0.1, -0.05) is 36.4 Å². The van der Waals surface area contributed by atoms with E-state index in [0.717, 1.165) is 23.6 Å². The molecule has 0 unspecified atom stereocenters. The Morgan fingerprint density at radius 3 is 2.20 bits per heavy atom. The van der Waals surface area contributed by atoms with E-state index < -0.39 is 0 Å². The van der Waals surface area contributed by atoms with E-state index in [4.69, 9.17) is 9.47 Å². The smallest absolute Gasteiger partial charge is 0.168 e. The molecule has 0 atom stereocenters. The maximum absolute atomic E-state index is 5.54. The second-order valence-corrected chi connectivity index (χ2v) is 4.94. The maximum atomic E-state index is 5.54. The zero-order chi connectivity index (χ0) is 14.5. The Bertz CT molecular complexity index is 579. The molecule has 106 valence electrons. The maximum Gasteiger partial charge on any atom is 0.168 e. The minimum Gasteiger partial charge on any atom is -0.493 e. The van der Waals surface area contributed by atoms with Crippen molar-refractivity contribution in [3.63, 3.8) is 0 Å². The Labute approximate surface area is 120 Å². The number of para-hydroxylation sites is 1. The van der Waals surface area contributed by atoms with Gasteiger partial charge < -0.3 is 14.4 Å². The van der Waals surface area contributed by atoms with Gasteiger partial charge in [-0.2, -0.15) is 0 Å². The topological polar surface area (TPSA) is 21.7 Å². The molecule has 0 aliphatic rings. The van der Waals surface area contributed by atoms with Crippen LogP contribution in [0, 0.1) is 0 Å². The number of methoxy groups -OCH3 is 2. The summed E-state index contributed by atoms with van der Waals surface area (Å²) in [5.41, 5.74) is 3.50. The molecule has 0 heterocycles. The summed E-state index contributed by atoms with van der Waals surface area (Å²) in [4.78, 5) is 2.16. The highest BCUT2D eigenvalue weighted by Crippen LogP contribution is 2.39. The number of nitrogens with zero attached hydrogens (tertiary/aromatic N) is 1. The number of rotatable bonds is 5. The van der Waals surface area contributed by atoms with Gasteiger partial charge in [0.05, 0.1) is 14.2 Å². The minimum absolute atomic E-state index is 0.754. The Kier molecular flexibility index (Phi) is 4.64. The van der Waals surface area contributed by atoms with Crippen LogP contribution in [0.1, 0.15) is 5.56 Å². The SMILES string of the molecule is COc1cccc(-c2ccccc2CN(C)C)c1OC. The molecule has 0 amide bonds. The van der Waals surface area contributed by atoms with E-state index in [-0.39, 0.29) is 0 Å². The van der Waals surface area contributed by atoms with Crippen molar-refractivity contribution in [2.75, 3.05) is 28.3 Å². The molecule has 20 heavy (non-hydrogen) atoms. The van der Waals surface area contributed by atoms with Crippen LogP contribution in [0.2, 0.25) is 0 Å². The third kappa shape index (κ3) is 2.94. The van der Waals surface area contributed by atoms with Gasteiger partial charge in [-0.15, -0.1) is 0 Å². The monoisotopic (exact) mass is 271 g/mol. The third-order valence-corrected chi connectivity index (χ3v) is 3.20. The summed E-state index contributed by atoms with van der Waals surface area (Å²) in [6.07, 6.45) is 0. The van der Waals surface area contributed by atoms with E-state index >= 15 is 0 Å². The highest BCUT2D eigenvalue weighted by molar-refractivity contribution is 5.76. The standard InChI is InChI=1S/C17H21NO2/c1-18(2)12-13-8-5-6-9-14(13)15-10-7-11-16(19-3)17(15)20-4/h5-11H,12H2,1-4H3. The van der Waals surface area contributed by atoms with Crippen LogP contribution < -0.4 is 9.47 Å². The van der Waals surface area contributed by atoms with Crippen LogP contribution in [-0.4, -0.2) is 33.2 Å². The summed E-state index contributed by atoms with van der Waals surface area (Å²) in [6.45, 7) is 0.885. The van der Waals surface area contributed by atoms with Crippen LogP contribution in [0.3, 0.4) is 0 Å². The quantitative estimate of drug-likeness (QED) is 0.831. The number of hydrogen-bond acceptors (Lipinski definition) is 3. The molecule has 2 aromatic carbocycles. The van der Waals surface area contributed by atoms with E-state index in [1.54, 1.807) is 14.2 Å². The van der Waals surface area contributed by atoms with Crippen LogP contribution in [0.4, 0.5) is 0 Å². The fraction of sp³-hybridized carbons (Fsp3) is 0.294. The fourth-order valence-corrected chi connectivity index (χ4v) is 2.36. The van der Waals surface area contributed by atoms with Crippen molar-refractivity contribution in [2.45, 2.75) is 6.54 Å². The van der Waals surface area contributed by atoms with Crippen molar-refractivity contribution < 1.29 is 9.47 Å². The van der Waals surface area contributed by atoms with Gasteiger partial charge in [-0.3, -0.25) is 0 Å². The second-order valence-electron chi connectivity index (χ2n) is 4.94. The highest BCUT2D eigenvalue weighted by atomic mass is 16.5. The summed E-state index contributed by atoms with van der Waals surface area (Å²) in [5.74, 6) is 1.53. The molecule has 0 bridgehead atoms. The minimum atomic E-state index is 0.754. The molecule has 2 rings (SSSR count). The predicted octanol–water partition coefficient (Wildman–Crippen LogP) is 3.43. The van der Waals surface area contributed by atoms with Crippen molar-refractivity contribution in [2.24, 2.45) is 0 Å². The van der Waals surface area contributed by atoms with E-state index in [2.05, 4.69) is 43.3 Å². The lowest BCUT2D eigenvalue weighted by atomic mass is 9.98. The van der Waals surface area contributed by atoms with Gasteiger partial charge in [0.15, 0.2) is 11.5 Å².